The number of methoxy groups -OCH3 is 1. The summed E-state index contributed by atoms with van der Waals surface area (Å²) in [6, 6.07) is 0. The van der Waals surface area contributed by atoms with E-state index in [1.54, 1.807) is 7.11 Å². The molecule has 1 fully saturated rings. The maximum Gasteiger partial charge on any atom is 0.0847 e. The van der Waals surface area contributed by atoms with Crippen molar-refractivity contribution in [2.45, 2.75) is 45.4 Å². The molecule has 4 nitrogen and oxygen atoms in total. The molecule has 0 aromatic carbocycles. The first-order valence-corrected chi connectivity index (χ1v) is 8.33. The molecule has 2 rings (SSSR count). The molecule has 1 aliphatic carbocycles. The van der Waals surface area contributed by atoms with Gasteiger partial charge in [0.2, 0.25) is 0 Å². The minimum Gasteiger partial charge on any atom is -0.383 e. The highest BCUT2D eigenvalue weighted by Gasteiger charge is 2.33. The van der Waals surface area contributed by atoms with Crippen LogP contribution in [0.4, 0.5) is 0 Å². The predicted octanol–water partition coefficient (Wildman–Crippen LogP) is 3.11. The van der Waals surface area contributed by atoms with Crippen LogP contribution in [0.25, 0.3) is 0 Å². The van der Waals surface area contributed by atoms with Gasteiger partial charge in [-0.2, -0.15) is 5.10 Å². The van der Waals surface area contributed by atoms with E-state index in [9.17, 15) is 0 Å². The summed E-state index contributed by atoms with van der Waals surface area (Å²) in [5, 5.41) is 8.87. The number of halogens is 1. The number of aryl methyl sites for hydroxylation is 2. The van der Waals surface area contributed by atoms with Gasteiger partial charge in [-0.25, -0.2) is 0 Å². The molecule has 0 radical (unpaired) electrons. The molecule has 21 heavy (non-hydrogen) atoms. The fourth-order valence-electron chi connectivity index (χ4n) is 3.47. The molecule has 5 heteroatoms. The van der Waals surface area contributed by atoms with Crippen LogP contribution in [0.5, 0.6) is 0 Å². The van der Waals surface area contributed by atoms with Crippen LogP contribution in [0.2, 0.25) is 5.02 Å². The zero-order valence-corrected chi connectivity index (χ0v) is 14.3. The van der Waals surface area contributed by atoms with Crippen molar-refractivity contribution in [3.63, 3.8) is 0 Å². The zero-order chi connectivity index (χ0) is 15.3. The largest absolute Gasteiger partial charge is 0.383 e. The van der Waals surface area contributed by atoms with Crippen LogP contribution in [0.3, 0.4) is 0 Å². The Kier molecular flexibility index (Phi) is 6.08. The molecule has 120 valence electrons. The highest BCUT2D eigenvalue weighted by atomic mass is 35.5. The molecule has 1 aromatic heterocycles. The fraction of sp³-hybridized carbons (Fsp3) is 0.812. The Bertz CT molecular complexity index is 453. The number of hydrogen-bond acceptors (Lipinski definition) is 3. The van der Waals surface area contributed by atoms with Gasteiger partial charge in [-0.15, -0.1) is 0 Å². The van der Waals surface area contributed by atoms with Crippen molar-refractivity contribution in [1.29, 1.82) is 0 Å². The topological polar surface area (TPSA) is 39.1 Å². The highest BCUT2D eigenvalue weighted by molar-refractivity contribution is 6.31. The van der Waals surface area contributed by atoms with Crippen molar-refractivity contribution >= 4 is 11.6 Å². The molecule has 1 heterocycles. The minimum atomic E-state index is 0.315. The van der Waals surface area contributed by atoms with Crippen molar-refractivity contribution in [3.05, 3.63) is 16.4 Å². The van der Waals surface area contributed by atoms with E-state index in [-0.39, 0.29) is 0 Å². The minimum absolute atomic E-state index is 0.315. The molecule has 0 saturated heterocycles. The Labute approximate surface area is 133 Å². The third-order valence-corrected chi connectivity index (χ3v) is 5.19. The molecule has 1 aromatic rings. The van der Waals surface area contributed by atoms with Crippen LogP contribution in [0.1, 0.15) is 43.5 Å². The molecule has 1 aliphatic rings. The standard InChI is InChI=1S/C16H28ClN3O/c1-13-15(17)14(20(2)19-13)11-16(7-5-4-6-8-16)12-18-9-10-21-3/h18H,4-12H2,1-3H3. The summed E-state index contributed by atoms with van der Waals surface area (Å²) in [6.07, 6.45) is 7.56. The zero-order valence-electron chi connectivity index (χ0n) is 13.5. The molecule has 0 atom stereocenters. The smallest absolute Gasteiger partial charge is 0.0847 e. The number of ether oxygens (including phenoxy) is 1. The van der Waals surface area contributed by atoms with Gasteiger partial charge in [0, 0.05) is 27.2 Å². The summed E-state index contributed by atoms with van der Waals surface area (Å²) in [5.41, 5.74) is 2.44. The van der Waals surface area contributed by atoms with Crippen LogP contribution in [-0.4, -0.2) is 36.6 Å². The Morgan fingerprint density at radius 2 is 2.05 bits per heavy atom. The average molecular weight is 314 g/mol. The molecular weight excluding hydrogens is 286 g/mol. The second-order valence-electron chi connectivity index (χ2n) is 6.38. The first kappa shape index (κ1) is 16.8. The van der Waals surface area contributed by atoms with Crippen LogP contribution < -0.4 is 5.32 Å². The predicted molar refractivity (Wildman–Crippen MR) is 86.9 cm³/mol. The molecule has 0 spiro atoms. The van der Waals surface area contributed by atoms with Gasteiger partial charge in [-0.05, 0) is 31.6 Å². The van der Waals surface area contributed by atoms with E-state index in [1.165, 1.54) is 37.8 Å². The highest BCUT2D eigenvalue weighted by Crippen LogP contribution is 2.40. The molecule has 0 amide bonds. The second-order valence-corrected chi connectivity index (χ2v) is 6.75. The van der Waals surface area contributed by atoms with Gasteiger partial charge in [0.05, 0.1) is 23.0 Å². The molecule has 1 N–H and O–H groups in total. The first-order chi connectivity index (χ1) is 10.1. The van der Waals surface area contributed by atoms with Crippen molar-refractivity contribution in [3.8, 4) is 0 Å². The lowest BCUT2D eigenvalue weighted by molar-refractivity contribution is 0.160. The summed E-state index contributed by atoms with van der Waals surface area (Å²) in [4.78, 5) is 0. The van der Waals surface area contributed by atoms with Gasteiger partial charge < -0.3 is 10.1 Å². The molecular formula is C16H28ClN3O. The summed E-state index contributed by atoms with van der Waals surface area (Å²) in [5.74, 6) is 0. The Morgan fingerprint density at radius 1 is 1.33 bits per heavy atom. The monoisotopic (exact) mass is 313 g/mol. The van der Waals surface area contributed by atoms with Crippen LogP contribution in [0, 0.1) is 12.3 Å². The van der Waals surface area contributed by atoms with E-state index >= 15 is 0 Å². The third kappa shape index (κ3) is 4.21. The van der Waals surface area contributed by atoms with Gasteiger partial charge in [-0.3, -0.25) is 4.68 Å². The van der Waals surface area contributed by atoms with E-state index in [1.807, 2.05) is 18.7 Å². The van der Waals surface area contributed by atoms with Crippen molar-refractivity contribution in [2.75, 3.05) is 26.8 Å². The van der Waals surface area contributed by atoms with Gasteiger partial charge >= 0.3 is 0 Å². The number of rotatable bonds is 7. The number of nitrogens with zero attached hydrogens (tertiary/aromatic N) is 2. The summed E-state index contributed by atoms with van der Waals surface area (Å²) in [6.45, 7) is 4.70. The number of nitrogens with one attached hydrogen (secondary N) is 1. The van der Waals surface area contributed by atoms with Gasteiger partial charge in [0.1, 0.15) is 0 Å². The molecule has 0 bridgehead atoms. The van der Waals surface area contributed by atoms with E-state index in [0.29, 0.717) is 5.41 Å². The Morgan fingerprint density at radius 3 is 2.62 bits per heavy atom. The van der Waals surface area contributed by atoms with Gasteiger partial charge in [0.25, 0.3) is 0 Å². The number of aromatic nitrogens is 2. The first-order valence-electron chi connectivity index (χ1n) is 7.96. The van der Waals surface area contributed by atoms with E-state index in [4.69, 9.17) is 16.3 Å². The maximum atomic E-state index is 6.46. The summed E-state index contributed by atoms with van der Waals surface area (Å²) < 4.78 is 7.09. The van der Waals surface area contributed by atoms with Crippen LogP contribution >= 0.6 is 11.6 Å². The quantitative estimate of drug-likeness (QED) is 0.786. The summed E-state index contributed by atoms with van der Waals surface area (Å²) in [7, 11) is 3.75. The lowest BCUT2D eigenvalue weighted by Gasteiger charge is -2.38. The summed E-state index contributed by atoms with van der Waals surface area (Å²) >= 11 is 6.46. The average Bonchev–Trinajstić information content (AvgIpc) is 2.71. The lowest BCUT2D eigenvalue weighted by Crippen LogP contribution is -2.39. The molecule has 0 aliphatic heterocycles. The molecule has 0 unspecified atom stereocenters. The second kappa shape index (κ2) is 7.61. The van der Waals surface area contributed by atoms with E-state index in [2.05, 4.69) is 10.4 Å². The third-order valence-electron chi connectivity index (χ3n) is 4.70. The van der Waals surface area contributed by atoms with Crippen molar-refractivity contribution in [1.82, 2.24) is 15.1 Å². The SMILES string of the molecule is COCCNCC1(Cc2c(Cl)c(C)nn2C)CCCCC1. The van der Waals surface area contributed by atoms with Crippen molar-refractivity contribution in [2.24, 2.45) is 12.5 Å². The van der Waals surface area contributed by atoms with Crippen molar-refractivity contribution < 1.29 is 4.74 Å². The molecule has 1 saturated carbocycles. The van der Waals surface area contributed by atoms with Gasteiger partial charge in [0.15, 0.2) is 0 Å². The van der Waals surface area contributed by atoms with Gasteiger partial charge in [-0.1, -0.05) is 30.9 Å². The Hall–Kier alpha value is -0.580. The fourth-order valence-corrected chi connectivity index (χ4v) is 3.70. The number of hydrogen-bond donors (Lipinski definition) is 1. The lowest BCUT2D eigenvalue weighted by atomic mass is 9.71. The maximum absolute atomic E-state index is 6.46. The normalized spacial score (nSPS) is 18.1. The van der Waals surface area contributed by atoms with E-state index < -0.39 is 0 Å². The Balaban J connectivity index is 2.08. The van der Waals surface area contributed by atoms with Crippen LogP contribution in [0.15, 0.2) is 0 Å². The van der Waals surface area contributed by atoms with E-state index in [0.717, 1.165) is 36.8 Å². The van der Waals surface area contributed by atoms with Crippen LogP contribution in [-0.2, 0) is 18.2 Å².